The maximum atomic E-state index is 12.8. The van der Waals surface area contributed by atoms with Gasteiger partial charge in [0.1, 0.15) is 5.75 Å². The zero-order valence-corrected chi connectivity index (χ0v) is 23.2. The standard InChI is InChI=1S/C27H21Cl2N5O2S2/c1-36-21-11-8-17(9-12-21)25-32-33-27(34(25)20-5-3-2-4-6-20)37-16-24(35)31-26-30-15-22(38-26)13-18-7-10-19(28)14-23(18)29/h2-12,14-15H,13,16H2,1H3,(H,30,31,35). The van der Waals surface area contributed by atoms with Crippen molar-refractivity contribution in [2.45, 2.75) is 11.6 Å². The highest BCUT2D eigenvalue weighted by molar-refractivity contribution is 7.99. The molecule has 0 aliphatic rings. The summed E-state index contributed by atoms with van der Waals surface area (Å²) in [5.74, 6) is 1.39. The van der Waals surface area contributed by atoms with Crippen molar-refractivity contribution in [2.24, 2.45) is 0 Å². The average molecular weight is 583 g/mol. The lowest BCUT2D eigenvalue weighted by Gasteiger charge is -2.10. The number of anilines is 1. The molecule has 1 amide bonds. The van der Waals surface area contributed by atoms with Crippen LogP contribution in [0.3, 0.4) is 0 Å². The molecule has 11 heteroatoms. The third-order valence-electron chi connectivity index (χ3n) is 5.51. The molecule has 0 aliphatic heterocycles. The van der Waals surface area contributed by atoms with E-state index in [2.05, 4.69) is 20.5 Å². The first kappa shape index (κ1) is 26.2. The first-order valence-corrected chi connectivity index (χ1v) is 14.0. The smallest absolute Gasteiger partial charge is 0.236 e. The molecule has 1 N–H and O–H groups in total. The maximum Gasteiger partial charge on any atom is 0.236 e. The number of thiazole rings is 1. The molecule has 0 unspecified atom stereocenters. The molecule has 0 spiro atoms. The molecule has 0 radical (unpaired) electrons. The van der Waals surface area contributed by atoms with Crippen LogP contribution in [0.5, 0.6) is 5.75 Å². The molecule has 3 aromatic carbocycles. The number of amides is 1. The van der Waals surface area contributed by atoms with Crippen LogP contribution in [0.4, 0.5) is 5.13 Å². The van der Waals surface area contributed by atoms with E-state index in [-0.39, 0.29) is 11.7 Å². The summed E-state index contributed by atoms with van der Waals surface area (Å²) in [5.41, 5.74) is 2.73. The zero-order valence-electron chi connectivity index (χ0n) is 20.1. The van der Waals surface area contributed by atoms with E-state index in [4.69, 9.17) is 27.9 Å². The number of hydrogen-bond acceptors (Lipinski definition) is 7. The van der Waals surface area contributed by atoms with Crippen molar-refractivity contribution in [1.29, 1.82) is 0 Å². The van der Waals surface area contributed by atoms with Crippen LogP contribution < -0.4 is 10.1 Å². The molecule has 5 rings (SSSR count). The lowest BCUT2D eigenvalue weighted by molar-refractivity contribution is -0.113. The van der Waals surface area contributed by atoms with Gasteiger partial charge in [-0.2, -0.15) is 0 Å². The molecule has 2 heterocycles. The van der Waals surface area contributed by atoms with Crippen LogP contribution in [0.15, 0.2) is 84.1 Å². The van der Waals surface area contributed by atoms with Crippen molar-refractivity contribution >= 4 is 57.3 Å². The second-order valence-corrected chi connectivity index (χ2v) is 11.0. The van der Waals surface area contributed by atoms with Gasteiger partial charge in [-0.25, -0.2) is 4.98 Å². The van der Waals surface area contributed by atoms with Crippen LogP contribution in [0.1, 0.15) is 10.4 Å². The van der Waals surface area contributed by atoms with Gasteiger partial charge < -0.3 is 10.1 Å². The third-order valence-corrected chi connectivity index (χ3v) is 7.94. The summed E-state index contributed by atoms with van der Waals surface area (Å²) in [6.45, 7) is 0. The number of halogens is 2. The van der Waals surface area contributed by atoms with Crippen LogP contribution in [0, 0.1) is 0 Å². The topological polar surface area (TPSA) is 81.9 Å². The molecule has 5 aromatic rings. The molecule has 2 aromatic heterocycles. The van der Waals surface area contributed by atoms with Crippen molar-refractivity contribution in [3.63, 3.8) is 0 Å². The molecular formula is C27H21Cl2N5O2S2. The fourth-order valence-electron chi connectivity index (χ4n) is 3.69. The Bertz CT molecular complexity index is 1560. The molecule has 0 fully saturated rings. The number of carbonyl (C=O) groups excluding carboxylic acids is 1. The molecule has 192 valence electrons. The Morgan fingerprint density at radius 3 is 2.58 bits per heavy atom. The summed E-state index contributed by atoms with van der Waals surface area (Å²) in [5, 5.41) is 14.0. The highest BCUT2D eigenvalue weighted by Crippen LogP contribution is 2.30. The van der Waals surface area contributed by atoms with E-state index in [1.54, 1.807) is 25.4 Å². The number of methoxy groups -OCH3 is 1. The van der Waals surface area contributed by atoms with Gasteiger partial charge in [-0.15, -0.1) is 21.5 Å². The second kappa shape index (κ2) is 12.0. The molecule has 0 saturated carbocycles. The number of carbonyl (C=O) groups is 1. The Morgan fingerprint density at radius 1 is 1.05 bits per heavy atom. The normalized spacial score (nSPS) is 10.9. The van der Waals surface area contributed by atoms with E-state index < -0.39 is 0 Å². The summed E-state index contributed by atoms with van der Waals surface area (Å²) in [4.78, 5) is 18.1. The average Bonchev–Trinajstić information content (AvgIpc) is 3.56. The summed E-state index contributed by atoms with van der Waals surface area (Å²) in [7, 11) is 1.63. The van der Waals surface area contributed by atoms with E-state index in [1.807, 2.05) is 65.2 Å². The fourth-order valence-corrected chi connectivity index (χ4v) is 5.76. The van der Waals surface area contributed by atoms with Crippen molar-refractivity contribution < 1.29 is 9.53 Å². The third kappa shape index (κ3) is 6.19. The highest BCUT2D eigenvalue weighted by atomic mass is 35.5. The summed E-state index contributed by atoms with van der Waals surface area (Å²) >= 11 is 15.0. The van der Waals surface area contributed by atoms with Crippen molar-refractivity contribution in [3.8, 4) is 22.8 Å². The molecule has 7 nitrogen and oxygen atoms in total. The molecular weight excluding hydrogens is 561 g/mol. The van der Waals surface area contributed by atoms with E-state index in [9.17, 15) is 4.79 Å². The lowest BCUT2D eigenvalue weighted by atomic mass is 10.1. The minimum absolute atomic E-state index is 0.144. The number of nitrogens with zero attached hydrogens (tertiary/aromatic N) is 4. The van der Waals surface area contributed by atoms with Crippen molar-refractivity contribution in [3.05, 3.63) is 99.5 Å². The lowest BCUT2D eigenvalue weighted by Crippen LogP contribution is -2.14. The van der Waals surface area contributed by atoms with E-state index in [1.165, 1.54) is 23.1 Å². The Kier molecular flexibility index (Phi) is 8.29. The minimum Gasteiger partial charge on any atom is -0.497 e. The van der Waals surface area contributed by atoms with Gasteiger partial charge in [0.05, 0.1) is 12.9 Å². The highest BCUT2D eigenvalue weighted by Gasteiger charge is 2.18. The zero-order chi connectivity index (χ0) is 26.5. The largest absolute Gasteiger partial charge is 0.497 e. The number of para-hydroxylation sites is 1. The number of hydrogen-bond donors (Lipinski definition) is 1. The summed E-state index contributed by atoms with van der Waals surface area (Å²) in [6.07, 6.45) is 2.35. The van der Waals surface area contributed by atoms with Gasteiger partial charge >= 0.3 is 0 Å². The number of aromatic nitrogens is 4. The number of ether oxygens (including phenoxy) is 1. The summed E-state index contributed by atoms with van der Waals surface area (Å²) < 4.78 is 7.21. The maximum absolute atomic E-state index is 12.8. The number of benzene rings is 3. The number of nitrogens with one attached hydrogen (secondary N) is 1. The molecule has 0 bridgehead atoms. The predicted octanol–water partition coefficient (Wildman–Crippen LogP) is 7.03. The first-order valence-electron chi connectivity index (χ1n) is 11.5. The van der Waals surface area contributed by atoms with Crippen LogP contribution >= 0.6 is 46.3 Å². The van der Waals surface area contributed by atoms with Gasteiger partial charge in [-0.05, 0) is 54.1 Å². The van der Waals surface area contributed by atoms with Gasteiger partial charge in [0, 0.05) is 38.8 Å². The van der Waals surface area contributed by atoms with Crippen LogP contribution in [-0.2, 0) is 11.2 Å². The predicted molar refractivity (Wildman–Crippen MR) is 154 cm³/mol. The molecule has 0 atom stereocenters. The number of rotatable bonds is 9. The van der Waals surface area contributed by atoms with E-state index in [0.29, 0.717) is 32.6 Å². The Hall–Kier alpha value is -3.37. The quantitative estimate of drug-likeness (QED) is 0.188. The number of thioether (sulfide) groups is 1. The van der Waals surface area contributed by atoms with Crippen LogP contribution in [-0.4, -0.2) is 38.5 Å². The Morgan fingerprint density at radius 2 is 1.84 bits per heavy atom. The van der Waals surface area contributed by atoms with Gasteiger partial charge in [0.25, 0.3) is 0 Å². The van der Waals surface area contributed by atoms with Gasteiger partial charge in [0.15, 0.2) is 16.1 Å². The SMILES string of the molecule is COc1ccc(-c2nnc(SCC(=O)Nc3ncc(Cc4ccc(Cl)cc4Cl)s3)n2-c2ccccc2)cc1. The molecule has 0 aliphatic carbocycles. The van der Waals surface area contributed by atoms with E-state index >= 15 is 0 Å². The minimum atomic E-state index is -0.186. The monoisotopic (exact) mass is 581 g/mol. The molecule has 38 heavy (non-hydrogen) atoms. The Labute approximate surface area is 237 Å². The summed E-state index contributed by atoms with van der Waals surface area (Å²) in [6, 6.07) is 22.8. The van der Waals surface area contributed by atoms with Gasteiger partial charge in [-0.3, -0.25) is 9.36 Å². The first-order chi connectivity index (χ1) is 18.5. The Balaban J connectivity index is 1.28. The van der Waals surface area contributed by atoms with Crippen molar-refractivity contribution in [1.82, 2.24) is 19.7 Å². The van der Waals surface area contributed by atoms with Crippen LogP contribution in [0.2, 0.25) is 10.0 Å². The van der Waals surface area contributed by atoms with Crippen LogP contribution in [0.25, 0.3) is 17.1 Å². The van der Waals surface area contributed by atoms with Gasteiger partial charge in [0.2, 0.25) is 5.91 Å². The fraction of sp³-hybridized carbons (Fsp3) is 0.111. The van der Waals surface area contributed by atoms with Crippen molar-refractivity contribution in [2.75, 3.05) is 18.2 Å². The van der Waals surface area contributed by atoms with Gasteiger partial charge in [-0.1, -0.05) is 59.2 Å². The molecule has 0 saturated heterocycles. The van der Waals surface area contributed by atoms with E-state index in [0.717, 1.165) is 27.4 Å². The second-order valence-electron chi connectivity index (χ2n) is 8.09.